The molecule has 1 aliphatic carbocycles. The summed E-state index contributed by atoms with van der Waals surface area (Å²) in [6.45, 7) is 5.54. The molecule has 4 heteroatoms. The van der Waals surface area contributed by atoms with Gasteiger partial charge in [0.25, 0.3) is 0 Å². The van der Waals surface area contributed by atoms with Crippen molar-refractivity contribution < 1.29 is 9.59 Å². The molecule has 1 aliphatic heterocycles. The van der Waals surface area contributed by atoms with Gasteiger partial charge in [-0.1, -0.05) is 6.07 Å². The monoisotopic (exact) mass is 300 g/mol. The topological polar surface area (TPSA) is 40.6 Å². The van der Waals surface area contributed by atoms with Crippen LogP contribution in [0.3, 0.4) is 0 Å². The third kappa shape index (κ3) is 2.87. The van der Waals surface area contributed by atoms with E-state index < -0.39 is 5.92 Å². The van der Waals surface area contributed by atoms with Crippen molar-refractivity contribution in [1.82, 2.24) is 4.90 Å². The Bertz CT molecular complexity index is 607. The molecule has 2 fully saturated rings. The molecule has 1 atom stereocenters. The summed E-state index contributed by atoms with van der Waals surface area (Å²) in [6, 6.07) is 6.04. The molecule has 22 heavy (non-hydrogen) atoms. The molecule has 0 N–H and O–H groups in total. The number of hydrogen-bond donors (Lipinski definition) is 0. The van der Waals surface area contributed by atoms with Crippen molar-refractivity contribution in [3.8, 4) is 0 Å². The van der Waals surface area contributed by atoms with E-state index in [1.54, 1.807) is 9.80 Å². The molecule has 1 aromatic rings. The first-order chi connectivity index (χ1) is 10.5. The van der Waals surface area contributed by atoms with E-state index in [9.17, 15) is 9.59 Å². The molecule has 0 spiro atoms. The van der Waals surface area contributed by atoms with Crippen LogP contribution < -0.4 is 4.90 Å². The fourth-order valence-corrected chi connectivity index (χ4v) is 3.10. The van der Waals surface area contributed by atoms with Crippen LogP contribution in [0.1, 0.15) is 30.4 Å². The van der Waals surface area contributed by atoms with Crippen LogP contribution in [-0.4, -0.2) is 36.9 Å². The quantitative estimate of drug-likeness (QED) is 0.802. The van der Waals surface area contributed by atoms with E-state index in [0.717, 1.165) is 12.2 Å². The van der Waals surface area contributed by atoms with Gasteiger partial charge >= 0.3 is 0 Å². The second-order valence-corrected chi connectivity index (χ2v) is 6.76. The number of hydrogen-bond acceptors (Lipinski definition) is 2. The number of benzene rings is 1. The Morgan fingerprint density at radius 1 is 1.23 bits per heavy atom. The van der Waals surface area contributed by atoms with Gasteiger partial charge in [-0.25, -0.2) is 0 Å². The van der Waals surface area contributed by atoms with E-state index in [-0.39, 0.29) is 11.8 Å². The normalized spacial score (nSPS) is 21.3. The molecular weight excluding hydrogens is 276 g/mol. The maximum atomic E-state index is 12.6. The van der Waals surface area contributed by atoms with Crippen molar-refractivity contribution in [2.24, 2.45) is 11.8 Å². The highest BCUT2D eigenvalue weighted by molar-refractivity contribution is 6.09. The van der Waals surface area contributed by atoms with Gasteiger partial charge in [-0.05, 0) is 62.3 Å². The predicted molar refractivity (Wildman–Crippen MR) is 86.7 cm³/mol. The standard InChI is InChI=1S/C18H24N2O2/c1-12-4-7-15(10-13(12)2)20-9-8-16(18(20)22)17(21)19(3)11-14-5-6-14/h4,7,10,14,16H,5-6,8-9,11H2,1-3H3/t16-/m1/s1. The third-order valence-corrected chi connectivity index (χ3v) is 4.91. The molecule has 2 aliphatic rings. The van der Waals surface area contributed by atoms with Crippen molar-refractivity contribution in [3.05, 3.63) is 29.3 Å². The first kappa shape index (κ1) is 15.1. The molecule has 1 saturated carbocycles. The van der Waals surface area contributed by atoms with Gasteiger partial charge in [0.15, 0.2) is 0 Å². The van der Waals surface area contributed by atoms with Gasteiger partial charge in [-0.3, -0.25) is 9.59 Å². The van der Waals surface area contributed by atoms with Gasteiger partial charge in [-0.15, -0.1) is 0 Å². The van der Waals surface area contributed by atoms with E-state index >= 15 is 0 Å². The summed E-state index contributed by atoms with van der Waals surface area (Å²) in [5.74, 6) is 0.103. The average Bonchev–Trinajstić information content (AvgIpc) is 3.22. The zero-order valence-corrected chi connectivity index (χ0v) is 13.6. The Morgan fingerprint density at radius 3 is 2.59 bits per heavy atom. The first-order valence-electron chi connectivity index (χ1n) is 8.11. The maximum absolute atomic E-state index is 12.6. The van der Waals surface area contributed by atoms with E-state index in [0.29, 0.717) is 18.9 Å². The lowest BCUT2D eigenvalue weighted by molar-refractivity contribution is -0.139. The van der Waals surface area contributed by atoms with Gasteiger partial charge in [0, 0.05) is 25.8 Å². The van der Waals surface area contributed by atoms with Crippen LogP contribution in [0.15, 0.2) is 18.2 Å². The Labute approximate surface area is 132 Å². The highest BCUT2D eigenvalue weighted by atomic mass is 16.2. The second-order valence-electron chi connectivity index (χ2n) is 6.76. The summed E-state index contributed by atoms with van der Waals surface area (Å²) >= 11 is 0. The molecule has 0 unspecified atom stereocenters. The predicted octanol–water partition coefficient (Wildman–Crippen LogP) is 2.52. The fraction of sp³-hybridized carbons (Fsp3) is 0.556. The van der Waals surface area contributed by atoms with Crippen LogP contribution >= 0.6 is 0 Å². The number of aryl methyl sites for hydroxylation is 2. The lowest BCUT2D eigenvalue weighted by Crippen LogP contribution is -2.39. The van der Waals surface area contributed by atoms with Gasteiger partial charge < -0.3 is 9.80 Å². The summed E-state index contributed by atoms with van der Waals surface area (Å²) in [6.07, 6.45) is 3.05. The van der Waals surface area contributed by atoms with Crippen LogP contribution in [0.25, 0.3) is 0 Å². The lowest BCUT2D eigenvalue weighted by Gasteiger charge is -2.21. The van der Waals surface area contributed by atoms with E-state index in [1.165, 1.54) is 24.0 Å². The third-order valence-electron chi connectivity index (χ3n) is 4.91. The molecule has 2 amide bonds. The minimum Gasteiger partial charge on any atom is -0.345 e. The molecule has 0 aromatic heterocycles. The summed E-state index contributed by atoms with van der Waals surface area (Å²) < 4.78 is 0. The number of rotatable bonds is 4. The average molecular weight is 300 g/mol. The Kier molecular flexibility index (Phi) is 3.94. The number of carbonyl (C=O) groups is 2. The van der Waals surface area contributed by atoms with Gasteiger partial charge in [-0.2, -0.15) is 0 Å². The molecule has 1 heterocycles. The van der Waals surface area contributed by atoms with Crippen molar-refractivity contribution >= 4 is 17.5 Å². The molecule has 118 valence electrons. The highest BCUT2D eigenvalue weighted by Gasteiger charge is 2.39. The Hall–Kier alpha value is -1.84. The largest absolute Gasteiger partial charge is 0.345 e. The molecule has 1 aromatic carbocycles. The van der Waals surface area contributed by atoms with Gasteiger partial charge in [0.2, 0.25) is 11.8 Å². The molecule has 0 radical (unpaired) electrons. The molecule has 4 nitrogen and oxygen atoms in total. The number of anilines is 1. The molecule has 0 bridgehead atoms. The van der Waals surface area contributed by atoms with Crippen molar-refractivity contribution in [2.45, 2.75) is 33.1 Å². The summed E-state index contributed by atoms with van der Waals surface area (Å²) in [4.78, 5) is 28.6. The minimum atomic E-state index is -0.495. The van der Waals surface area contributed by atoms with Crippen molar-refractivity contribution in [1.29, 1.82) is 0 Å². The van der Waals surface area contributed by atoms with Crippen molar-refractivity contribution in [3.63, 3.8) is 0 Å². The van der Waals surface area contributed by atoms with E-state index in [4.69, 9.17) is 0 Å². The number of amides is 2. The summed E-state index contributed by atoms with van der Waals surface area (Å²) in [7, 11) is 1.83. The van der Waals surface area contributed by atoms with Crippen LogP contribution in [-0.2, 0) is 9.59 Å². The zero-order valence-electron chi connectivity index (χ0n) is 13.6. The Morgan fingerprint density at radius 2 is 1.95 bits per heavy atom. The fourth-order valence-electron chi connectivity index (χ4n) is 3.10. The molecule has 1 saturated heterocycles. The smallest absolute Gasteiger partial charge is 0.239 e. The summed E-state index contributed by atoms with van der Waals surface area (Å²) in [5.41, 5.74) is 3.30. The maximum Gasteiger partial charge on any atom is 0.239 e. The van der Waals surface area contributed by atoms with Crippen LogP contribution in [0.4, 0.5) is 5.69 Å². The molecule has 3 rings (SSSR count). The summed E-state index contributed by atoms with van der Waals surface area (Å²) in [5, 5.41) is 0. The number of nitrogens with zero attached hydrogens (tertiary/aromatic N) is 2. The minimum absolute atomic E-state index is 0.0109. The van der Waals surface area contributed by atoms with E-state index in [2.05, 4.69) is 6.92 Å². The van der Waals surface area contributed by atoms with E-state index in [1.807, 2.05) is 32.2 Å². The van der Waals surface area contributed by atoms with Crippen molar-refractivity contribution in [2.75, 3.05) is 25.0 Å². The van der Waals surface area contributed by atoms with Crippen LogP contribution in [0.5, 0.6) is 0 Å². The SMILES string of the molecule is Cc1ccc(N2CC[C@H](C(=O)N(C)CC3CC3)C2=O)cc1C. The zero-order chi connectivity index (χ0) is 15.9. The molecular formula is C18H24N2O2. The first-order valence-corrected chi connectivity index (χ1v) is 8.11. The lowest BCUT2D eigenvalue weighted by atomic mass is 10.1. The van der Waals surface area contributed by atoms with Gasteiger partial charge in [0.1, 0.15) is 5.92 Å². The Balaban J connectivity index is 1.70. The van der Waals surface area contributed by atoms with Crippen LogP contribution in [0, 0.1) is 25.7 Å². The number of carbonyl (C=O) groups excluding carboxylic acids is 2. The van der Waals surface area contributed by atoms with Crippen LogP contribution in [0.2, 0.25) is 0 Å². The second kappa shape index (κ2) is 5.75. The highest BCUT2D eigenvalue weighted by Crippen LogP contribution is 2.31. The van der Waals surface area contributed by atoms with Gasteiger partial charge in [0.05, 0.1) is 0 Å².